The summed E-state index contributed by atoms with van der Waals surface area (Å²) < 4.78 is 18.7. The van der Waals surface area contributed by atoms with Gasteiger partial charge in [0.25, 0.3) is 5.97 Å². The summed E-state index contributed by atoms with van der Waals surface area (Å²) in [5, 5.41) is 0. The van der Waals surface area contributed by atoms with Crippen LogP contribution in [-0.4, -0.2) is 31.8 Å². The molecule has 0 rings (SSSR count). The van der Waals surface area contributed by atoms with Gasteiger partial charge < -0.3 is 19.9 Å². The van der Waals surface area contributed by atoms with Gasteiger partial charge in [-0.2, -0.15) is 0 Å². The molecule has 0 aromatic carbocycles. The first-order valence-corrected chi connectivity index (χ1v) is 11.2. The van der Waals surface area contributed by atoms with E-state index in [4.69, 9.17) is 19.9 Å². The Labute approximate surface area is 163 Å². The van der Waals surface area contributed by atoms with Gasteiger partial charge in [0.1, 0.15) is 0 Å². The zero-order valence-corrected chi connectivity index (χ0v) is 18.4. The number of nitrogens with two attached hydrogens (primary N) is 1. The van der Waals surface area contributed by atoms with Crippen molar-refractivity contribution in [2.24, 2.45) is 11.7 Å². The molecule has 0 aliphatic rings. The molecule has 0 saturated heterocycles. The maximum atomic E-state index is 6.24. The molecule has 158 valence electrons. The van der Waals surface area contributed by atoms with Crippen LogP contribution in [0.5, 0.6) is 0 Å². The summed E-state index contributed by atoms with van der Waals surface area (Å²) in [5.41, 5.74) is 6.18. The van der Waals surface area contributed by atoms with E-state index in [2.05, 4.69) is 34.6 Å². The molecule has 0 spiro atoms. The van der Waals surface area contributed by atoms with Gasteiger partial charge in [-0.15, -0.1) is 0 Å². The Kier molecular flexibility index (Phi) is 16.9. The van der Waals surface area contributed by atoms with Crippen LogP contribution < -0.4 is 5.73 Å². The minimum atomic E-state index is -0.931. The second-order valence-electron chi connectivity index (χ2n) is 7.62. The van der Waals surface area contributed by atoms with E-state index in [1.165, 1.54) is 38.5 Å². The van der Waals surface area contributed by atoms with Crippen LogP contribution in [0.2, 0.25) is 0 Å². The molecular formula is C22H47NO3. The summed E-state index contributed by atoms with van der Waals surface area (Å²) in [5.74, 6) is -0.752. The molecule has 0 fully saturated rings. The van der Waals surface area contributed by atoms with Gasteiger partial charge in [0.15, 0.2) is 0 Å². The van der Waals surface area contributed by atoms with Crippen molar-refractivity contribution in [1.29, 1.82) is 0 Å². The number of hydrogen-bond acceptors (Lipinski definition) is 4. The lowest BCUT2D eigenvalue weighted by molar-refractivity contribution is -0.407. The minimum absolute atomic E-state index is 0.111. The van der Waals surface area contributed by atoms with Crippen LogP contribution in [0.3, 0.4) is 0 Å². The van der Waals surface area contributed by atoms with E-state index >= 15 is 0 Å². The fourth-order valence-corrected chi connectivity index (χ4v) is 3.27. The van der Waals surface area contributed by atoms with Crippen LogP contribution in [0.1, 0.15) is 105 Å². The Morgan fingerprint density at radius 3 is 1.58 bits per heavy atom. The van der Waals surface area contributed by atoms with Gasteiger partial charge in [0.05, 0.1) is 19.8 Å². The molecule has 0 aliphatic heterocycles. The molecule has 0 radical (unpaired) electrons. The van der Waals surface area contributed by atoms with Crippen molar-refractivity contribution in [2.75, 3.05) is 19.8 Å². The molecule has 4 nitrogen and oxygen atoms in total. The van der Waals surface area contributed by atoms with E-state index in [9.17, 15) is 0 Å². The van der Waals surface area contributed by atoms with Crippen molar-refractivity contribution in [3.05, 3.63) is 0 Å². The van der Waals surface area contributed by atoms with Crippen molar-refractivity contribution in [3.8, 4) is 0 Å². The smallest absolute Gasteiger partial charge is 0.285 e. The first kappa shape index (κ1) is 25.8. The molecule has 0 aromatic rings. The first-order chi connectivity index (χ1) is 12.6. The van der Waals surface area contributed by atoms with Gasteiger partial charge >= 0.3 is 0 Å². The average molecular weight is 374 g/mol. The van der Waals surface area contributed by atoms with E-state index in [0.29, 0.717) is 19.8 Å². The highest BCUT2D eigenvalue weighted by atomic mass is 16.9. The molecule has 0 amide bonds. The second-order valence-corrected chi connectivity index (χ2v) is 7.62. The molecule has 0 aliphatic carbocycles. The molecule has 2 unspecified atom stereocenters. The SMILES string of the molecule is CCCCCCCCC(CC(C)N)C(OCCC)(OCCC)OCCC. The van der Waals surface area contributed by atoms with Crippen molar-refractivity contribution < 1.29 is 14.2 Å². The zero-order valence-electron chi connectivity index (χ0n) is 18.4. The fourth-order valence-electron chi connectivity index (χ4n) is 3.27. The van der Waals surface area contributed by atoms with E-state index in [0.717, 1.165) is 32.1 Å². The van der Waals surface area contributed by atoms with Crippen LogP contribution in [0.25, 0.3) is 0 Å². The molecule has 26 heavy (non-hydrogen) atoms. The largest absolute Gasteiger partial charge is 0.328 e. The third-order valence-electron chi connectivity index (χ3n) is 4.58. The highest BCUT2D eigenvalue weighted by Gasteiger charge is 2.42. The van der Waals surface area contributed by atoms with E-state index in [1.807, 2.05) is 0 Å². The molecule has 0 aromatic heterocycles. The minimum Gasteiger partial charge on any atom is -0.328 e. The van der Waals surface area contributed by atoms with Crippen molar-refractivity contribution in [2.45, 2.75) is 117 Å². The predicted molar refractivity (Wildman–Crippen MR) is 111 cm³/mol. The monoisotopic (exact) mass is 373 g/mol. The summed E-state index contributed by atoms with van der Waals surface area (Å²) in [6, 6.07) is 0.111. The van der Waals surface area contributed by atoms with E-state index in [-0.39, 0.29) is 12.0 Å². The molecule has 2 atom stereocenters. The molecule has 0 heterocycles. The summed E-state index contributed by atoms with van der Waals surface area (Å²) in [4.78, 5) is 0. The molecule has 2 N–H and O–H groups in total. The van der Waals surface area contributed by atoms with Crippen LogP contribution >= 0.6 is 0 Å². The Morgan fingerprint density at radius 2 is 1.15 bits per heavy atom. The predicted octanol–water partition coefficient (Wildman–Crippen LogP) is 6.02. The number of rotatable bonds is 19. The molecular weight excluding hydrogens is 326 g/mol. The third kappa shape index (κ3) is 11.5. The normalized spacial score (nSPS) is 14.5. The number of unbranched alkanes of at least 4 members (excludes halogenated alkanes) is 5. The maximum absolute atomic E-state index is 6.24. The van der Waals surface area contributed by atoms with Crippen LogP contribution in [0.4, 0.5) is 0 Å². The average Bonchev–Trinajstić information content (AvgIpc) is 2.63. The van der Waals surface area contributed by atoms with Gasteiger partial charge in [-0.25, -0.2) is 0 Å². The summed E-state index contributed by atoms with van der Waals surface area (Å²) >= 11 is 0. The lowest BCUT2D eigenvalue weighted by atomic mass is 9.91. The molecule has 0 bridgehead atoms. The third-order valence-corrected chi connectivity index (χ3v) is 4.58. The van der Waals surface area contributed by atoms with Crippen LogP contribution in [0.15, 0.2) is 0 Å². The maximum Gasteiger partial charge on any atom is 0.285 e. The van der Waals surface area contributed by atoms with Gasteiger partial charge in [0, 0.05) is 12.0 Å². The van der Waals surface area contributed by atoms with Crippen molar-refractivity contribution >= 4 is 0 Å². The Bertz CT molecular complexity index is 275. The lowest BCUT2D eigenvalue weighted by Gasteiger charge is -2.40. The number of hydrogen-bond donors (Lipinski definition) is 1. The zero-order chi connectivity index (χ0) is 19.7. The summed E-state index contributed by atoms with van der Waals surface area (Å²) in [6.45, 7) is 12.7. The molecule has 0 saturated carbocycles. The quantitative estimate of drug-likeness (QED) is 0.222. The summed E-state index contributed by atoms with van der Waals surface area (Å²) in [7, 11) is 0. The fraction of sp³-hybridized carbons (Fsp3) is 1.00. The van der Waals surface area contributed by atoms with Gasteiger partial charge in [-0.05, 0) is 39.0 Å². The second kappa shape index (κ2) is 17.0. The Morgan fingerprint density at radius 1 is 0.692 bits per heavy atom. The summed E-state index contributed by atoms with van der Waals surface area (Å²) in [6.07, 6.45) is 12.5. The Hall–Kier alpha value is -0.160. The van der Waals surface area contributed by atoms with Crippen LogP contribution in [-0.2, 0) is 14.2 Å². The van der Waals surface area contributed by atoms with Gasteiger partial charge in [-0.3, -0.25) is 0 Å². The highest BCUT2D eigenvalue weighted by Crippen LogP contribution is 2.34. The molecule has 4 heteroatoms. The van der Waals surface area contributed by atoms with E-state index in [1.54, 1.807) is 0 Å². The lowest BCUT2D eigenvalue weighted by Crippen LogP contribution is -2.48. The topological polar surface area (TPSA) is 53.7 Å². The first-order valence-electron chi connectivity index (χ1n) is 11.2. The Balaban J connectivity index is 5.05. The van der Waals surface area contributed by atoms with Crippen molar-refractivity contribution in [3.63, 3.8) is 0 Å². The van der Waals surface area contributed by atoms with Crippen LogP contribution in [0, 0.1) is 5.92 Å². The highest BCUT2D eigenvalue weighted by molar-refractivity contribution is 4.76. The van der Waals surface area contributed by atoms with Crippen molar-refractivity contribution in [1.82, 2.24) is 0 Å². The van der Waals surface area contributed by atoms with Gasteiger partial charge in [0.2, 0.25) is 0 Å². The van der Waals surface area contributed by atoms with Gasteiger partial charge in [-0.1, -0.05) is 66.2 Å². The number of ether oxygens (including phenoxy) is 3. The standard InChI is InChI=1S/C22H47NO3/c1-6-10-11-12-13-14-15-21(19-20(5)23)22(24-16-7-2,25-17-8-3)26-18-9-4/h20-21H,6-19,23H2,1-5H3. The van der Waals surface area contributed by atoms with E-state index < -0.39 is 5.97 Å².